The van der Waals surface area contributed by atoms with Crippen LogP contribution in [0.1, 0.15) is 27.9 Å². The monoisotopic (exact) mass is 288 g/mol. The molecule has 0 aliphatic carbocycles. The molecule has 0 unspecified atom stereocenters. The largest absolute Gasteiger partial charge is 0.433 e. The second-order valence-corrected chi connectivity index (χ2v) is 5.27. The lowest BCUT2D eigenvalue weighted by Gasteiger charge is -2.04. The number of aryl methyl sites for hydroxylation is 2. The van der Waals surface area contributed by atoms with Gasteiger partial charge in [0, 0.05) is 7.05 Å². The number of alkyl halides is 3. The normalized spacial score (nSPS) is 11.9. The van der Waals surface area contributed by atoms with Crippen LogP contribution in [0.2, 0.25) is 0 Å². The third-order valence-electron chi connectivity index (χ3n) is 2.67. The van der Waals surface area contributed by atoms with Crippen molar-refractivity contribution in [3.8, 4) is 10.6 Å². The number of Topliss-reactive ketones (excluding diaryl/α,β-unsaturated/α-hetero) is 1. The van der Waals surface area contributed by atoms with Gasteiger partial charge in [-0.1, -0.05) is 0 Å². The molecule has 7 heteroatoms. The second-order valence-electron chi connectivity index (χ2n) is 4.22. The Hall–Kier alpha value is -1.63. The van der Waals surface area contributed by atoms with Crippen LogP contribution in [0.3, 0.4) is 0 Å². The van der Waals surface area contributed by atoms with Gasteiger partial charge < -0.3 is 0 Å². The van der Waals surface area contributed by atoms with Gasteiger partial charge in [0.1, 0.15) is 11.4 Å². The van der Waals surface area contributed by atoms with Gasteiger partial charge >= 0.3 is 6.18 Å². The first kappa shape index (κ1) is 13.8. The van der Waals surface area contributed by atoms with Crippen molar-refractivity contribution in [2.45, 2.75) is 20.0 Å². The number of hydrogen-bond acceptors (Lipinski definition) is 3. The van der Waals surface area contributed by atoms with Crippen molar-refractivity contribution in [1.29, 1.82) is 0 Å². The molecule has 2 aromatic heterocycles. The summed E-state index contributed by atoms with van der Waals surface area (Å²) in [5.74, 6) is -0.105. The van der Waals surface area contributed by atoms with Crippen molar-refractivity contribution in [3.63, 3.8) is 0 Å². The van der Waals surface area contributed by atoms with Crippen LogP contribution in [0, 0.1) is 6.92 Å². The topological polar surface area (TPSA) is 34.9 Å². The van der Waals surface area contributed by atoms with Gasteiger partial charge in [-0.25, -0.2) is 0 Å². The van der Waals surface area contributed by atoms with Crippen LogP contribution >= 0.6 is 11.3 Å². The molecule has 0 N–H and O–H groups in total. The van der Waals surface area contributed by atoms with E-state index in [4.69, 9.17) is 0 Å². The highest BCUT2D eigenvalue weighted by molar-refractivity contribution is 7.17. The Kier molecular flexibility index (Phi) is 3.25. The summed E-state index contributed by atoms with van der Waals surface area (Å²) in [7, 11) is 1.25. The van der Waals surface area contributed by atoms with Crippen LogP contribution in [0.15, 0.2) is 12.1 Å². The smallest absolute Gasteiger partial charge is 0.294 e. The molecule has 0 radical (unpaired) electrons. The zero-order valence-corrected chi connectivity index (χ0v) is 11.3. The first-order valence-corrected chi connectivity index (χ1v) is 6.24. The first-order chi connectivity index (χ1) is 8.70. The maximum Gasteiger partial charge on any atom is 0.433 e. The second kappa shape index (κ2) is 4.48. The van der Waals surface area contributed by atoms with E-state index in [9.17, 15) is 18.0 Å². The number of aromatic nitrogens is 2. The Labute approximate surface area is 111 Å². The number of nitrogens with zero attached hydrogens (tertiary/aromatic N) is 2. The molecule has 102 valence electrons. The number of rotatable bonds is 2. The lowest BCUT2D eigenvalue weighted by molar-refractivity contribution is -0.143. The molecule has 19 heavy (non-hydrogen) atoms. The van der Waals surface area contributed by atoms with E-state index in [-0.39, 0.29) is 11.5 Å². The predicted molar refractivity (Wildman–Crippen MR) is 66.3 cm³/mol. The minimum atomic E-state index is -4.44. The molecule has 0 atom stereocenters. The molecule has 0 aliphatic heterocycles. The molecule has 2 aromatic rings. The van der Waals surface area contributed by atoms with Crippen molar-refractivity contribution in [2.24, 2.45) is 7.05 Å². The molecule has 2 rings (SSSR count). The lowest BCUT2D eigenvalue weighted by atomic mass is 10.2. The number of halogens is 3. The van der Waals surface area contributed by atoms with E-state index >= 15 is 0 Å². The number of hydrogen-bond donors (Lipinski definition) is 0. The summed E-state index contributed by atoms with van der Waals surface area (Å²) in [5.41, 5.74) is 0.187. The maximum atomic E-state index is 12.7. The molecule has 2 heterocycles. The van der Waals surface area contributed by atoms with E-state index in [0.29, 0.717) is 9.75 Å². The summed E-state index contributed by atoms with van der Waals surface area (Å²) in [6.07, 6.45) is -4.44. The molecule has 0 amide bonds. The minimum absolute atomic E-state index is 0.105. The fourth-order valence-corrected chi connectivity index (χ4v) is 2.78. The quantitative estimate of drug-likeness (QED) is 0.790. The highest BCUT2D eigenvalue weighted by atomic mass is 32.1. The zero-order chi connectivity index (χ0) is 14.4. The Bertz CT molecular complexity index is 640. The van der Waals surface area contributed by atoms with Crippen molar-refractivity contribution in [3.05, 3.63) is 28.3 Å². The van der Waals surface area contributed by atoms with E-state index in [1.54, 1.807) is 13.0 Å². The van der Waals surface area contributed by atoms with E-state index in [2.05, 4.69) is 5.10 Å². The Morgan fingerprint density at radius 2 is 2.00 bits per heavy atom. The summed E-state index contributed by atoms with van der Waals surface area (Å²) in [4.78, 5) is 12.4. The Morgan fingerprint density at radius 3 is 2.42 bits per heavy atom. The minimum Gasteiger partial charge on any atom is -0.294 e. The summed E-state index contributed by atoms with van der Waals surface area (Å²) >= 11 is 1.16. The van der Waals surface area contributed by atoms with Crippen LogP contribution < -0.4 is 0 Å². The van der Waals surface area contributed by atoms with Crippen LogP contribution in [-0.4, -0.2) is 15.6 Å². The van der Waals surface area contributed by atoms with Crippen LogP contribution in [0.5, 0.6) is 0 Å². The fraction of sp³-hybridized carbons (Fsp3) is 0.333. The van der Waals surface area contributed by atoms with Gasteiger partial charge in [-0.3, -0.25) is 9.48 Å². The average Bonchev–Trinajstić information content (AvgIpc) is 2.80. The highest BCUT2D eigenvalue weighted by Crippen LogP contribution is 2.36. The number of thiophene rings is 1. The van der Waals surface area contributed by atoms with Crippen LogP contribution in [0.25, 0.3) is 10.6 Å². The number of carbonyl (C=O) groups is 1. The average molecular weight is 288 g/mol. The summed E-state index contributed by atoms with van der Waals surface area (Å²) in [6, 6.07) is 2.67. The van der Waals surface area contributed by atoms with Crippen LogP contribution in [0.4, 0.5) is 13.2 Å². The fourth-order valence-electron chi connectivity index (χ4n) is 1.75. The van der Waals surface area contributed by atoms with Crippen molar-refractivity contribution in [2.75, 3.05) is 0 Å². The zero-order valence-electron chi connectivity index (χ0n) is 10.5. The molecule has 0 saturated heterocycles. The molecular weight excluding hydrogens is 277 g/mol. The van der Waals surface area contributed by atoms with Gasteiger partial charge in [0.15, 0.2) is 5.78 Å². The third kappa shape index (κ3) is 2.56. The van der Waals surface area contributed by atoms with Gasteiger partial charge in [-0.05, 0) is 31.5 Å². The van der Waals surface area contributed by atoms with Crippen molar-refractivity contribution >= 4 is 17.1 Å². The molecule has 3 nitrogen and oxygen atoms in total. The van der Waals surface area contributed by atoms with Gasteiger partial charge in [0.05, 0.1) is 9.75 Å². The molecule has 0 spiro atoms. The number of ketones is 1. The maximum absolute atomic E-state index is 12.7. The van der Waals surface area contributed by atoms with E-state index in [1.807, 2.05) is 0 Å². The van der Waals surface area contributed by atoms with Crippen molar-refractivity contribution in [1.82, 2.24) is 9.78 Å². The molecule has 0 aliphatic rings. The van der Waals surface area contributed by atoms with Gasteiger partial charge in [-0.15, -0.1) is 11.3 Å². The molecule has 0 aromatic carbocycles. The standard InChI is InChI=1S/C12H11F3N2OS/c1-6-4-9(7(2)18)19-11(6)8-5-10(12(13,14)15)17(3)16-8/h4-5H,1-3H3. The summed E-state index contributed by atoms with van der Waals surface area (Å²) in [6.45, 7) is 3.18. The summed E-state index contributed by atoms with van der Waals surface area (Å²) in [5, 5.41) is 3.88. The number of carbonyl (C=O) groups excluding carboxylic acids is 1. The third-order valence-corrected chi connectivity index (χ3v) is 4.03. The Morgan fingerprint density at radius 1 is 1.37 bits per heavy atom. The predicted octanol–water partition coefficient (Wildman–Crippen LogP) is 3.68. The van der Waals surface area contributed by atoms with Gasteiger partial charge in [0.2, 0.25) is 0 Å². The van der Waals surface area contributed by atoms with Crippen molar-refractivity contribution < 1.29 is 18.0 Å². The SMILES string of the molecule is CC(=O)c1cc(C)c(-c2cc(C(F)(F)F)n(C)n2)s1. The van der Waals surface area contributed by atoms with Gasteiger partial charge in [0.25, 0.3) is 0 Å². The molecule has 0 bridgehead atoms. The Balaban J connectivity index is 2.51. The lowest BCUT2D eigenvalue weighted by Crippen LogP contribution is -2.11. The van der Waals surface area contributed by atoms with E-state index < -0.39 is 11.9 Å². The molecule has 0 saturated carbocycles. The molecular formula is C12H11F3N2OS. The molecule has 0 fully saturated rings. The van der Waals surface area contributed by atoms with Crippen LogP contribution in [-0.2, 0) is 13.2 Å². The first-order valence-electron chi connectivity index (χ1n) is 5.43. The summed E-state index contributed by atoms with van der Waals surface area (Å²) < 4.78 is 38.9. The van der Waals surface area contributed by atoms with E-state index in [1.165, 1.54) is 14.0 Å². The van der Waals surface area contributed by atoms with E-state index in [0.717, 1.165) is 27.6 Å². The highest BCUT2D eigenvalue weighted by Gasteiger charge is 2.35. The van der Waals surface area contributed by atoms with Gasteiger partial charge in [-0.2, -0.15) is 18.3 Å².